The lowest BCUT2D eigenvalue weighted by Gasteiger charge is -2.15. The number of nitrogens with two attached hydrogens (primary N) is 1. The highest BCUT2D eigenvalue weighted by molar-refractivity contribution is 6.31. The van der Waals surface area contributed by atoms with Crippen LogP contribution in [0.4, 0.5) is 0 Å². The van der Waals surface area contributed by atoms with Gasteiger partial charge in [-0.15, -0.1) is 0 Å². The van der Waals surface area contributed by atoms with E-state index in [1.54, 1.807) is 19.1 Å². The molecule has 0 unspecified atom stereocenters. The summed E-state index contributed by atoms with van der Waals surface area (Å²) in [6.07, 6.45) is -0.470. The number of ether oxygens (including phenoxy) is 1. The minimum atomic E-state index is -0.542. The number of amides is 1. The number of carbonyl (C=O) groups excluding carboxylic acids is 2. The first kappa shape index (κ1) is 15.1. The van der Waals surface area contributed by atoms with Gasteiger partial charge in [-0.1, -0.05) is 29.8 Å². The lowest BCUT2D eigenvalue weighted by Crippen LogP contribution is -2.12. The Kier molecular flexibility index (Phi) is 4.60. The summed E-state index contributed by atoms with van der Waals surface area (Å²) in [7, 11) is 0. The fourth-order valence-corrected chi connectivity index (χ4v) is 2.16. The molecule has 108 valence electrons. The molecule has 1 atom stereocenters. The van der Waals surface area contributed by atoms with Crippen LogP contribution in [0.15, 0.2) is 48.5 Å². The molecule has 0 bridgehead atoms. The van der Waals surface area contributed by atoms with Gasteiger partial charge in [-0.05, 0) is 37.3 Å². The Balaban J connectivity index is 2.11. The third-order valence-electron chi connectivity index (χ3n) is 3.03. The van der Waals surface area contributed by atoms with Crippen molar-refractivity contribution in [3.8, 4) is 0 Å². The second kappa shape index (κ2) is 6.41. The summed E-state index contributed by atoms with van der Waals surface area (Å²) < 4.78 is 5.36. The van der Waals surface area contributed by atoms with Crippen molar-refractivity contribution in [2.75, 3.05) is 0 Å². The highest BCUT2D eigenvalue weighted by Crippen LogP contribution is 2.25. The van der Waals surface area contributed by atoms with E-state index in [2.05, 4.69) is 0 Å². The zero-order valence-electron chi connectivity index (χ0n) is 11.4. The van der Waals surface area contributed by atoms with Crippen LogP contribution in [0.3, 0.4) is 0 Å². The van der Waals surface area contributed by atoms with E-state index in [4.69, 9.17) is 22.1 Å². The topological polar surface area (TPSA) is 69.4 Å². The SMILES string of the molecule is C[C@@H](OC(=O)c1ccc(C(N)=O)cc1)c1ccccc1Cl. The summed E-state index contributed by atoms with van der Waals surface area (Å²) in [5.41, 5.74) is 6.57. The summed E-state index contributed by atoms with van der Waals surface area (Å²) in [6.45, 7) is 1.75. The number of hydrogen-bond acceptors (Lipinski definition) is 3. The molecule has 0 aliphatic heterocycles. The molecule has 1 amide bonds. The predicted octanol–water partition coefficient (Wildman–Crippen LogP) is 3.36. The van der Waals surface area contributed by atoms with E-state index in [0.717, 1.165) is 5.56 Å². The van der Waals surface area contributed by atoms with Gasteiger partial charge in [-0.3, -0.25) is 4.79 Å². The van der Waals surface area contributed by atoms with Crippen LogP contribution in [0.5, 0.6) is 0 Å². The molecule has 0 heterocycles. The molecule has 0 spiro atoms. The van der Waals surface area contributed by atoms with Gasteiger partial charge in [-0.25, -0.2) is 4.79 Å². The number of primary amides is 1. The summed E-state index contributed by atoms with van der Waals surface area (Å²) in [4.78, 5) is 23.0. The van der Waals surface area contributed by atoms with E-state index in [1.165, 1.54) is 24.3 Å². The van der Waals surface area contributed by atoms with Gasteiger partial charge in [0.2, 0.25) is 5.91 Å². The number of esters is 1. The van der Waals surface area contributed by atoms with E-state index in [1.807, 2.05) is 12.1 Å². The maximum absolute atomic E-state index is 12.0. The molecule has 0 saturated heterocycles. The van der Waals surface area contributed by atoms with Crippen LogP contribution in [-0.2, 0) is 4.74 Å². The van der Waals surface area contributed by atoms with Gasteiger partial charge in [0.25, 0.3) is 0 Å². The third kappa shape index (κ3) is 3.61. The second-order valence-corrected chi connectivity index (χ2v) is 4.92. The van der Waals surface area contributed by atoms with Crippen LogP contribution in [0.1, 0.15) is 39.3 Å². The Morgan fingerprint density at radius 2 is 1.62 bits per heavy atom. The molecule has 2 rings (SSSR count). The van der Waals surface area contributed by atoms with Crippen LogP contribution in [0.25, 0.3) is 0 Å². The van der Waals surface area contributed by atoms with E-state index in [-0.39, 0.29) is 0 Å². The molecular formula is C16H14ClNO3. The monoisotopic (exact) mass is 303 g/mol. The molecule has 0 radical (unpaired) electrons. The van der Waals surface area contributed by atoms with E-state index in [0.29, 0.717) is 16.1 Å². The van der Waals surface area contributed by atoms with Crippen molar-refractivity contribution < 1.29 is 14.3 Å². The van der Waals surface area contributed by atoms with Gasteiger partial charge in [0.05, 0.1) is 5.56 Å². The standard InChI is InChI=1S/C16H14ClNO3/c1-10(13-4-2-3-5-14(13)17)21-16(20)12-8-6-11(7-9-12)15(18)19/h2-10H,1H3,(H2,18,19)/t10-/m1/s1. The third-order valence-corrected chi connectivity index (χ3v) is 3.38. The number of hydrogen-bond donors (Lipinski definition) is 1. The van der Waals surface area contributed by atoms with Gasteiger partial charge in [-0.2, -0.15) is 0 Å². The molecule has 0 aliphatic carbocycles. The van der Waals surface area contributed by atoms with Crippen LogP contribution in [0.2, 0.25) is 5.02 Å². The minimum absolute atomic E-state index is 0.339. The van der Waals surface area contributed by atoms with Gasteiger partial charge in [0.15, 0.2) is 0 Å². The van der Waals surface area contributed by atoms with Crippen molar-refractivity contribution in [3.63, 3.8) is 0 Å². The summed E-state index contributed by atoms with van der Waals surface area (Å²) in [6, 6.07) is 13.1. The molecule has 5 heteroatoms. The molecule has 0 saturated carbocycles. The molecule has 0 aliphatic rings. The van der Waals surface area contributed by atoms with Gasteiger partial charge in [0.1, 0.15) is 6.10 Å². The number of benzene rings is 2. The second-order valence-electron chi connectivity index (χ2n) is 4.51. The van der Waals surface area contributed by atoms with Gasteiger partial charge in [0, 0.05) is 16.1 Å². The van der Waals surface area contributed by atoms with Crippen LogP contribution < -0.4 is 5.73 Å². The Morgan fingerprint density at radius 3 is 2.19 bits per heavy atom. The predicted molar refractivity (Wildman–Crippen MR) is 80.2 cm³/mol. The van der Waals surface area contributed by atoms with Crippen LogP contribution in [0, 0.1) is 0 Å². The molecule has 0 aromatic heterocycles. The Hall–Kier alpha value is -2.33. The smallest absolute Gasteiger partial charge is 0.338 e. The zero-order chi connectivity index (χ0) is 15.4. The maximum Gasteiger partial charge on any atom is 0.338 e. The van der Waals surface area contributed by atoms with Crippen molar-refractivity contribution in [2.45, 2.75) is 13.0 Å². The molecule has 21 heavy (non-hydrogen) atoms. The first-order valence-electron chi connectivity index (χ1n) is 6.34. The minimum Gasteiger partial charge on any atom is -0.454 e. The number of rotatable bonds is 4. The average molecular weight is 304 g/mol. The van der Waals surface area contributed by atoms with Crippen LogP contribution in [-0.4, -0.2) is 11.9 Å². The van der Waals surface area contributed by atoms with Crippen molar-refractivity contribution >= 4 is 23.5 Å². The van der Waals surface area contributed by atoms with E-state index in [9.17, 15) is 9.59 Å². The van der Waals surface area contributed by atoms with Gasteiger partial charge < -0.3 is 10.5 Å². The van der Waals surface area contributed by atoms with Crippen molar-refractivity contribution in [3.05, 3.63) is 70.2 Å². The quantitative estimate of drug-likeness (QED) is 0.881. The van der Waals surface area contributed by atoms with Gasteiger partial charge >= 0.3 is 5.97 Å². The molecule has 2 aromatic carbocycles. The molecule has 2 N–H and O–H groups in total. The Morgan fingerprint density at radius 1 is 1.05 bits per heavy atom. The fourth-order valence-electron chi connectivity index (χ4n) is 1.87. The average Bonchev–Trinajstić information content (AvgIpc) is 2.47. The molecule has 0 fully saturated rings. The van der Waals surface area contributed by atoms with Crippen LogP contribution >= 0.6 is 11.6 Å². The lowest BCUT2D eigenvalue weighted by molar-refractivity contribution is 0.0338. The number of carbonyl (C=O) groups is 2. The maximum atomic E-state index is 12.0. The highest BCUT2D eigenvalue weighted by Gasteiger charge is 2.16. The Bertz CT molecular complexity index is 667. The Labute approximate surface area is 127 Å². The fraction of sp³-hybridized carbons (Fsp3) is 0.125. The van der Waals surface area contributed by atoms with Crippen molar-refractivity contribution in [2.24, 2.45) is 5.73 Å². The molecular weight excluding hydrogens is 290 g/mol. The zero-order valence-corrected chi connectivity index (χ0v) is 12.1. The summed E-state index contributed by atoms with van der Waals surface area (Å²) >= 11 is 6.06. The summed E-state index contributed by atoms with van der Waals surface area (Å²) in [5.74, 6) is -1.03. The first-order valence-corrected chi connectivity index (χ1v) is 6.72. The van der Waals surface area contributed by atoms with E-state index < -0.39 is 18.0 Å². The summed E-state index contributed by atoms with van der Waals surface area (Å²) in [5, 5.41) is 0.543. The highest BCUT2D eigenvalue weighted by atomic mass is 35.5. The van der Waals surface area contributed by atoms with Crippen molar-refractivity contribution in [1.82, 2.24) is 0 Å². The van der Waals surface area contributed by atoms with Crippen molar-refractivity contribution in [1.29, 1.82) is 0 Å². The van der Waals surface area contributed by atoms with E-state index >= 15 is 0 Å². The molecule has 4 nitrogen and oxygen atoms in total. The molecule has 2 aromatic rings. The largest absolute Gasteiger partial charge is 0.454 e. The first-order chi connectivity index (χ1) is 9.99. The normalized spacial score (nSPS) is 11.7. The lowest BCUT2D eigenvalue weighted by atomic mass is 10.1. The number of halogens is 1.